The first-order valence-corrected chi connectivity index (χ1v) is 5.98. The van der Waals surface area contributed by atoms with Gasteiger partial charge in [-0.3, -0.25) is 4.79 Å². The van der Waals surface area contributed by atoms with Gasteiger partial charge in [-0.15, -0.1) is 0 Å². The van der Waals surface area contributed by atoms with Gasteiger partial charge in [0, 0.05) is 5.92 Å². The fraction of sp³-hybridized carbons (Fsp3) is 0.357. The van der Waals surface area contributed by atoms with Gasteiger partial charge in [0.15, 0.2) is 16.9 Å². The number of esters is 1. The minimum absolute atomic E-state index is 0.144. The molecule has 6 heteroatoms. The Morgan fingerprint density at radius 1 is 1.35 bits per heavy atom. The van der Waals surface area contributed by atoms with Crippen LogP contribution in [0, 0.1) is 34.0 Å². The van der Waals surface area contributed by atoms with Crippen molar-refractivity contribution in [3.63, 3.8) is 0 Å². The molecule has 0 saturated heterocycles. The Labute approximate surface area is 115 Å². The Hall–Kier alpha value is -2.73. The Bertz CT molecular complexity index is 657. The molecule has 100 valence electrons. The monoisotopic (exact) mass is 270 g/mol. The van der Waals surface area contributed by atoms with Gasteiger partial charge in [0.25, 0.3) is 0 Å². The molecule has 1 saturated carbocycles. The summed E-state index contributed by atoms with van der Waals surface area (Å²) in [7, 11) is 1.25. The number of benzene rings is 1. The fourth-order valence-corrected chi connectivity index (χ4v) is 2.70. The van der Waals surface area contributed by atoms with Crippen molar-refractivity contribution in [3.8, 4) is 23.6 Å². The van der Waals surface area contributed by atoms with Crippen molar-refractivity contribution in [3.05, 3.63) is 23.8 Å². The van der Waals surface area contributed by atoms with Crippen LogP contribution in [-0.4, -0.2) is 19.9 Å². The van der Waals surface area contributed by atoms with Crippen LogP contribution in [0.2, 0.25) is 0 Å². The molecule has 0 spiro atoms. The van der Waals surface area contributed by atoms with E-state index in [0.29, 0.717) is 17.1 Å². The van der Waals surface area contributed by atoms with Crippen LogP contribution in [0.5, 0.6) is 11.5 Å². The van der Waals surface area contributed by atoms with Gasteiger partial charge >= 0.3 is 5.97 Å². The number of fused-ring (bicyclic) bond motifs is 1. The molecule has 6 nitrogen and oxygen atoms in total. The molecule has 0 bridgehead atoms. The number of carbonyl (C=O) groups excluding carboxylic acids is 1. The van der Waals surface area contributed by atoms with Crippen molar-refractivity contribution in [2.75, 3.05) is 13.9 Å². The fourth-order valence-electron chi connectivity index (χ4n) is 2.70. The predicted molar refractivity (Wildman–Crippen MR) is 64.5 cm³/mol. The molecule has 2 atom stereocenters. The van der Waals surface area contributed by atoms with Gasteiger partial charge in [0.1, 0.15) is 0 Å². The van der Waals surface area contributed by atoms with Crippen molar-refractivity contribution >= 4 is 5.97 Å². The van der Waals surface area contributed by atoms with E-state index in [1.165, 1.54) is 7.11 Å². The van der Waals surface area contributed by atoms with Crippen LogP contribution in [-0.2, 0) is 9.53 Å². The molecular formula is C14H10N2O4. The topological polar surface area (TPSA) is 92.3 Å². The van der Waals surface area contributed by atoms with E-state index in [4.69, 9.17) is 9.47 Å². The SMILES string of the molecule is COC(=O)C1C(c2ccc3c(c2)OCO3)C1(C#N)C#N. The molecule has 2 aliphatic rings. The summed E-state index contributed by atoms with van der Waals surface area (Å²) in [6.45, 7) is 0.144. The lowest BCUT2D eigenvalue weighted by molar-refractivity contribution is -0.142. The molecule has 0 amide bonds. The molecule has 1 fully saturated rings. The average molecular weight is 270 g/mol. The number of nitrogens with zero attached hydrogens (tertiary/aromatic N) is 2. The van der Waals surface area contributed by atoms with Crippen LogP contribution in [0.15, 0.2) is 18.2 Å². The minimum Gasteiger partial charge on any atom is -0.469 e. The maximum Gasteiger partial charge on any atom is 0.312 e. The maximum absolute atomic E-state index is 11.7. The highest BCUT2D eigenvalue weighted by molar-refractivity contribution is 5.82. The number of carbonyl (C=O) groups is 1. The molecule has 0 aromatic heterocycles. The Morgan fingerprint density at radius 2 is 2.05 bits per heavy atom. The van der Waals surface area contributed by atoms with Gasteiger partial charge in [-0.2, -0.15) is 10.5 Å². The quantitative estimate of drug-likeness (QED) is 0.753. The zero-order valence-electron chi connectivity index (χ0n) is 10.6. The van der Waals surface area contributed by atoms with E-state index in [1.54, 1.807) is 18.2 Å². The number of ether oxygens (including phenoxy) is 3. The summed E-state index contributed by atoms with van der Waals surface area (Å²) in [4.78, 5) is 11.7. The van der Waals surface area contributed by atoms with Gasteiger partial charge in [0.05, 0.1) is 25.2 Å². The zero-order chi connectivity index (χ0) is 14.3. The Kier molecular flexibility index (Phi) is 2.55. The van der Waals surface area contributed by atoms with Gasteiger partial charge < -0.3 is 14.2 Å². The highest BCUT2D eigenvalue weighted by atomic mass is 16.7. The number of hydrogen-bond donors (Lipinski definition) is 0. The van der Waals surface area contributed by atoms with Crippen LogP contribution in [0.25, 0.3) is 0 Å². The van der Waals surface area contributed by atoms with Gasteiger partial charge in [-0.1, -0.05) is 6.07 Å². The van der Waals surface area contributed by atoms with Crippen molar-refractivity contribution in [2.24, 2.45) is 11.3 Å². The summed E-state index contributed by atoms with van der Waals surface area (Å²) in [5.74, 6) is -0.635. The first kappa shape index (κ1) is 12.3. The van der Waals surface area contributed by atoms with Crippen LogP contribution in [0.3, 0.4) is 0 Å². The molecule has 2 unspecified atom stereocenters. The zero-order valence-corrected chi connectivity index (χ0v) is 10.6. The lowest BCUT2D eigenvalue weighted by atomic mass is 10.0. The van der Waals surface area contributed by atoms with Gasteiger partial charge in [-0.05, 0) is 17.7 Å². The Morgan fingerprint density at radius 3 is 2.70 bits per heavy atom. The molecule has 0 N–H and O–H groups in total. The third-order valence-electron chi connectivity index (χ3n) is 3.79. The molecule has 1 aromatic carbocycles. The third kappa shape index (κ3) is 1.45. The number of nitriles is 2. The molecule has 1 aromatic rings. The van der Waals surface area contributed by atoms with E-state index < -0.39 is 23.2 Å². The summed E-state index contributed by atoms with van der Waals surface area (Å²) in [6.07, 6.45) is 0. The highest BCUT2D eigenvalue weighted by Crippen LogP contribution is 2.65. The lowest BCUT2D eigenvalue weighted by Crippen LogP contribution is -2.09. The first-order valence-electron chi connectivity index (χ1n) is 5.98. The standard InChI is InChI=1S/C14H10N2O4/c1-18-13(17)12-11(14(12,5-15)6-16)8-2-3-9-10(4-8)20-7-19-9/h2-4,11-12H,7H2,1H3. The number of hydrogen-bond acceptors (Lipinski definition) is 6. The maximum atomic E-state index is 11.7. The number of methoxy groups -OCH3 is 1. The van der Waals surface area contributed by atoms with Gasteiger partial charge in [0.2, 0.25) is 6.79 Å². The normalized spacial score (nSPS) is 24.4. The van der Waals surface area contributed by atoms with E-state index in [-0.39, 0.29) is 6.79 Å². The minimum atomic E-state index is -1.36. The van der Waals surface area contributed by atoms with Crippen LogP contribution >= 0.6 is 0 Å². The van der Waals surface area contributed by atoms with E-state index >= 15 is 0 Å². The van der Waals surface area contributed by atoms with E-state index in [2.05, 4.69) is 4.74 Å². The predicted octanol–water partition coefficient (Wildman–Crippen LogP) is 1.34. The summed E-state index contributed by atoms with van der Waals surface area (Å²) in [6, 6.07) is 9.06. The second-order valence-corrected chi connectivity index (χ2v) is 4.68. The molecule has 1 aliphatic carbocycles. The van der Waals surface area contributed by atoms with E-state index in [9.17, 15) is 15.3 Å². The first-order chi connectivity index (χ1) is 9.67. The van der Waals surface area contributed by atoms with Crippen LogP contribution < -0.4 is 9.47 Å². The highest BCUT2D eigenvalue weighted by Gasteiger charge is 2.71. The summed E-state index contributed by atoms with van der Waals surface area (Å²) < 4.78 is 15.2. The Balaban J connectivity index is 2.00. The van der Waals surface area contributed by atoms with Crippen molar-refractivity contribution in [2.45, 2.75) is 5.92 Å². The smallest absolute Gasteiger partial charge is 0.312 e. The third-order valence-corrected chi connectivity index (χ3v) is 3.79. The molecular weight excluding hydrogens is 260 g/mol. The molecule has 20 heavy (non-hydrogen) atoms. The van der Waals surface area contributed by atoms with Crippen LogP contribution in [0.4, 0.5) is 0 Å². The summed E-state index contributed by atoms with van der Waals surface area (Å²) >= 11 is 0. The van der Waals surface area contributed by atoms with E-state index in [1.807, 2.05) is 12.1 Å². The van der Waals surface area contributed by atoms with Crippen LogP contribution in [0.1, 0.15) is 11.5 Å². The second-order valence-electron chi connectivity index (χ2n) is 4.68. The van der Waals surface area contributed by atoms with Crippen molar-refractivity contribution < 1.29 is 19.0 Å². The average Bonchev–Trinajstić information content (AvgIpc) is 2.94. The molecule has 1 aliphatic heterocycles. The van der Waals surface area contributed by atoms with Crippen molar-refractivity contribution in [1.29, 1.82) is 10.5 Å². The summed E-state index contributed by atoms with van der Waals surface area (Å²) in [5.41, 5.74) is -0.659. The molecule has 3 rings (SSSR count). The molecule has 0 radical (unpaired) electrons. The summed E-state index contributed by atoms with van der Waals surface area (Å²) in [5, 5.41) is 18.5. The van der Waals surface area contributed by atoms with Gasteiger partial charge in [-0.25, -0.2) is 0 Å². The lowest BCUT2D eigenvalue weighted by Gasteiger charge is -2.02. The van der Waals surface area contributed by atoms with Crippen molar-refractivity contribution in [1.82, 2.24) is 0 Å². The second kappa shape index (κ2) is 4.14. The number of rotatable bonds is 2. The molecule has 1 heterocycles. The largest absolute Gasteiger partial charge is 0.469 e. The van der Waals surface area contributed by atoms with E-state index in [0.717, 1.165) is 0 Å².